The van der Waals surface area contributed by atoms with Gasteiger partial charge < -0.3 is 9.84 Å². The van der Waals surface area contributed by atoms with Crippen molar-refractivity contribution in [1.82, 2.24) is 9.97 Å². The largest absolute Gasteiger partial charge is 0.464 e. The highest BCUT2D eigenvalue weighted by molar-refractivity contribution is 5.46. The molecule has 0 aliphatic heterocycles. The van der Waals surface area contributed by atoms with E-state index in [1.807, 2.05) is 19.1 Å². The van der Waals surface area contributed by atoms with Crippen LogP contribution in [-0.4, -0.2) is 28.3 Å². The summed E-state index contributed by atoms with van der Waals surface area (Å²) in [5.41, 5.74) is 0.905. The van der Waals surface area contributed by atoms with Crippen LogP contribution in [0.3, 0.4) is 0 Å². The van der Waals surface area contributed by atoms with Gasteiger partial charge >= 0.3 is 6.01 Å². The minimum Gasteiger partial charge on any atom is -0.464 e. The van der Waals surface area contributed by atoms with Crippen molar-refractivity contribution in [2.45, 2.75) is 13.3 Å². The summed E-state index contributed by atoms with van der Waals surface area (Å²) in [7, 11) is 0. The van der Waals surface area contributed by atoms with Gasteiger partial charge in [0.05, 0.1) is 6.61 Å². The predicted octanol–water partition coefficient (Wildman–Crippen LogP) is 1.27. The molecule has 1 aromatic heterocycles. The van der Waals surface area contributed by atoms with E-state index in [2.05, 4.69) is 9.97 Å². The molecule has 0 bridgehead atoms. The maximum Gasteiger partial charge on any atom is 0.316 e. The molecule has 76 valence electrons. The molecular formula is C10H14N2O2. The molecule has 0 atom stereocenters. The van der Waals surface area contributed by atoms with Crippen LogP contribution in [-0.2, 0) is 0 Å². The number of rotatable bonds is 5. The van der Waals surface area contributed by atoms with Crippen LogP contribution in [0.1, 0.15) is 18.9 Å². The lowest BCUT2D eigenvalue weighted by molar-refractivity contribution is 0.303. The molecule has 4 nitrogen and oxygen atoms in total. The Bertz CT molecular complexity index is 283. The highest BCUT2D eigenvalue weighted by Crippen LogP contribution is 2.04. The van der Waals surface area contributed by atoms with E-state index in [9.17, 15) is 0 Å². The second kappa shape index (κ2) is 6.10. The van der Waals surface area contributed by atoms with Gasteiger partial charge in [0, 0.05) is 24.6 Å². The average molecular weight is 194 g/mol. The van der Waals surface area contributed by atoms with Crippen LogP contribution in [0.5, 0.6) is 6.01 Å². The third-order valence-electron chi connectivity index (χ3n) is 1.53. The fraction of sp³-hybridized carbons (Fsp3) is 0.400. The summed E-state index contributed by atoms with van der Waals surface area (Å²) >= 11 is 0. The first-order chi connectivity index (χ1) is 6.86. The Morgan fingerprint density at radius 2 is 2.14 bits per heavy atom. The van der Waals surface area contributed by atoms with E-state index < -0.39 is 0 Å². The van der Waals surface area contributed by atoms with Crippen molar-refractivity contribution in [2.24, 2.45) is 0 Å². The molecule has 0 radical (unpaired) electrons. The van der Waals surface area contributed by atoms with Crippen LogP contribution in [0.2, 0.25) is 0 Å². The third-order valence-corrected chi connectivity index (χ3v) is 1.53. The van der Waals surface area contributed by atoms with E-state index in [4.69, 9.17) is 9.84 Å². The van der Waals surface area contributed by atoms with Gasteiger partial charge in [0.15, 0.2) is 0 Å². The number of aliphatic hydroxyl groups is 1. The Morgan fingerprint density at radius 1 is 1.43 bits per heavy atom. The van der Waals surface area contributed by atoms with Gasteiger partial charge in [-0.25, -0.2) is 9.97 Å². The van der Waals surface area contributed by atoms with E-state index in [0.717, 1.165) is 5.56 Å². The quantitative estimate of drug-likeness (QED) is 0.767. The van der Waals surface area contributed by atoms with Crippen LogP contribution in [0.25, 0.3) is 6.08 Å². The number of hydrogen-bond acceptors (Lipinski definition) is 4. The average Bonchev–Trinajstić information content (AvgIpc) is 2.21. The molecule has 0 amide bonds. The molecular weight excluding hydrogens is 180 g/mol. The molecule has 0 aliphatic carbocycles. The van der Waals surface area contributed by atoms with Gasteiger partial charge in [0.25, 0.3) is 0 Å². The van der Waals surface area contributed by atoms with Gasteiger partial charge in [-0.15, -0.1) is 0 Å². The second-order valence-corrected chi connectivity index (χ2v) is 2.65. The third kappa shape index (κ3) is 3.53. The number of ether oxygens (including phenoxy) is 1. The molecule has 1 rings (SSSR count). The van der Waals surface area contributed by atoms with E-state index >= 15 is 0 Å². The molecule has 0 aromatic carbocycles. The summed E-state index contributed by atoms with van der Waals surface area (Å²) in [6, 6.07) is 0.395. The Labute approximate surface area is 83.3 Å². The summed E-state index contributed by atoms with van der Waals surface area (Å²) < 4.78 is 5.10. The van der Waals surface area contributed by atoms with E-state index in [-0.39, 0.29) is 6.61 Å². The highest BCUT2D eigenvalue weighted by atomic mass is 16.5. The van der Waals surface area contributed by atoms with Gasteiger partial charge in [-0.2, -0.15) is 0 Å². The Hall–Kier alpha value is -1.42. The topological polar surface area (TPSA) is 55.2 Å². The molecule has 1 heterocycles. The van der Waals surface area contributed by atoms with Gasteiger partial charge in [-0.05, 0) is 13.3 Å². The SMILES string of the molecule is CCOc1ncc(C=CCCO)cn1. The lowest BCUT2D eigenvalue weighted by Crippen LogP contribution is -1.96. The summed E-state index contributed by atoms with van der Waals surface area (Å²) in [6.07, 6.45) is 7.76. The fourth-order valence-corrected chi connectivity index (χ4v) is 0.910. The van der Waals surface area contributed by atoms with E-state index in [1.165, 1.54) is 0 Å². The Morgan fingerprint density at radius 3 is 2.71 bits per heavy atom. The predicted molar refractivity (Wildman–Crippen MR) is 53.9 cm³/mol. The first kappa shape index (κ1) is 10.7. The van der Waals surface area contributed by atoms with Gasteiger partial charge in [-0.1, -0.05) is 12.2 Å². The monoisotopic (exact) mass is 194 g/mol. The van der Waals surface area contributed by atoms with Crippen LogP contribution in [0, 0.1) is 0 Å². The number of aromatic nitrogens is 2. The minimum absolute atomic E-state index is 0.161. The zero-order chi connectivity index (χ0) is 10.2. The number of aliphatic hydroxyl groups excluding tert-OH is 1. The molecule has 14 heavy (non-hydrogen) atoms. The fourth-order valence-electron chi connectivity index (χ4n) is 0.910. The molecule has 0 saturated heterocycles. The molecule has 1 aromatic rings. The zero-order valence-corrected chi connectivity index (χ0v) is 8.18. The molecule has 0 aliphatic rings. The van der Waals surface area contributed by atoms with E-state index in [0.29, 0.717) is 19.0 Å². The first-order valence-corrected chi connectivity index (χ1v) is 4.59. The summed E-state index contributed by atoms with van der Waals surface area (Å²) in [4.78, 5) is 8.00. The van der Waals surface area contributed by atoms with Crippen molar-refractivity contribution in [3.8, 4) is 6.01 Å². The van der Waals surface area contributed by atoms with Crippen LogP contribution < -0.4 is 4.74 Å². The number of nitrogens with zero attached hydrogens (tertiary/aromatic N) is 2. The van der Waals surface area contributed by atoms with Crippen LogP contribution in [0.4, 0.5) is 0 Å². The zero-order valence-electron chi connectivity index (χ0n) is 8.18. The highest BCUT2D eigenvalue weighted by Gasteiger charge is 1.93. The number of hydrogen-bond donors (Lipinski definition) is 1. The molecule has 4 heteroatoms. The smallest absolute Gasteiger partial charge is 0.316 e. The van der Waals surface area contributed by atoms with Crippen molar-refractivity contribution in [3.05, 3.63) is 24.0 Å². The molecule has 0 spiro atoms. The summed E-state index contributed by atoms with van der Waals surface area (Å²) in [5, 5.41) is 8.56. The van der Waals surface area contributed by atoms with Gasteiger partial charge in [0.2, 0.25) is 0 Å². The second-order valence-electron chi connectivity index (χ2n) is 2.65. The Kier molecular flexibility index (Phi) is 4.64. The van der Waals surface area contributed by atoms with Gasteiger partial charge in [0.1, 0.15) is 0 Å². The lowest BCUT2D eigenvalue weighted by atomic mass is 10.3. The lowest BCUT2D eigenvalue weighted by Gasteiger charge is -1.99. The summed E-state index contributed by atoms with van der Waals surface area (Å²) in [6.45, 7) is 2.62. The van der Waals surface area contributed by atoms with Crippen molar-refractivity contribution in [3.63, 3.8) is 0 Å². The normalized spacial score (nSPS) is 10.7. The van der Waals surface area contributed by atoms with Crippen LogP contribution >= 0.6 is 0 Å². The first-order valence-electron chi connectivity index (χ1n) is 4.59. The molecule has 0 fully saturated rings. The minimum atomic E-state index is 0.161. The van der Waals surface area contributed by atoms with Crippen molar-refractivity contribution in [2.75, 3.05) is 13.2 Å². The van der Waals surface area contributed by atoms with Crippen molar-refractivity contribution in [1.29, 1.82) is 0 Å². The standard InChI is InChI=1S/C10H14N2O2/c1-2-14-10-11-7-9(8-12-10)5-3-4-6-13/h3,5,7-8,13H,2,4,6H2,1H3. The van der Waals surface area contributed by atoms with Crippen molar-refractivity contribution >= 4 is 6.08 Å². The summed E-state index contributed by atoms with van der Waals surface area (Å²) in [5.74, 6) is 0. The Balaban J connectivity index is 2.54. The molecule has 0 saturated carbocycles. The van der Waals surface area contributed by atoms with E-state index in [1.54, 1.807) is 12.4 Å². The van der Waals surface area contributed by atoms with Crippen LogP contribution in [0.15, 0.2) is 18.5 Å². The molecule has 1 N–H and O–H groups in total. The maximum absolute atomic E-state index is 8.56. The maximum atomic E-state index is 8.56. The molecule has 0 unspecified atom stereocenters. The van der Waals surface area contributed by atoms with Crippen molar-refractivity contribution < 1.29 is 9.84 Å². The van der Waals surface area contributed by atoms with Gasteiger partial charge in [-0.3, -0.25) is 0 Å².